The molecule has 0 spiro atoms. The van der Waals surface area contributed by atoms with Crippen molar-refractivity contribution in [3.63, 3.8) is 0 Å². The third-order valence-electron chi connectivity index (χ3n) is 3.72. The first-order valence-corrected chi connectivity index (χ1v) is 6.54. The number of hydrogen-bond donors (Lipinski definition) is 0. The topological polar surface area (TPSA) is 45.5 Å². The van der Waals surface area contributed by atoms with Gasteiger partial charge in [-0.15, -0.1) is 0 Å². The second kappa shape index (κ2) is 6.05. The van der Waals surface area contributed by atoms with Crippen LogP contribution >= 0.6 is 0 Å². The van der Waals surface area contributed by atoms with Crippen LogP contribution < -0.4 is 4.74 Å². The molecule has 0 amide bonds. The molecular weight excluding hydrogens is 240 g/mol. The van der Waals surface area contributed by atoms with Gasteiger partial charge in [0.2, 0.25) is 0 Å². The van der Waals surface area contributed by atoms with Gasteiger partial charge >= 0.3 is 0 Å². The van der Waals surface area contributed by atoms with Gasteiger partial charge in [-0.2, -0.15) is 5.26 Å². The van der Waals surface area contributed by atoms with Gasteiger partial charge in [-0.3, -0.25) is 4.90 Å². The van der Waals surface area contributed by atoms with E-state index in [-0.39, 0.29) is 6.10 Å². The number of ether oxygens (including phenoxy) is 2. The molecule has 1 aliphatic rings. The van der Waals surface area contributed by atoms with E-state index in [1.54, 1.807) is 7.11 Å². The van der Waals surface area contributed by atoms with Crippen molar-refractivity contribution >= 4 is 0 Å². The van der Waals surface area contributed by atoms with E-state index in [0.29, 0.717) is 17.4 Å². The number of nitriles is 1. The van der Waals surface area contributed by atoms with Gasteiger partial charge in [-0.25, -0.2) is 0 Å². The Morgan fingerprint density at radius 1 is 1.53 bits per heavy atom. The minimum absolute atomic E-state index is 0.277. The van der Waals surface area contributed by atoms with E-state index in [1.165, 1.54) is 0 Å². The first-order chi connectivity index (χ1) is 9.15. The highest BCUT2D eigenvalue weighted by atomic mass is 16.5. The normalized spacial score (nSPS) is 22.5. The predicted molar refractivity (Wildman–Crippen MR) is 73.0 cm³/mol. The lowest BCUT2D eigenvalue weighted by molar-refractivity contribution is 0.0814. The molecule has 0 radical (unpaired) electrons. The largest absolute Gasteiger partial charge is 0.495 e. The quantitative estimate of drug-likeness (QED) is 0.832. The number of hydrogen-bond acceptors (Lipinski definition) is 4. The van der Waals surface area contributed by atoms with Gasteiger partial charge in [0.1, 0.15) is 11.8 Å². The molecule has 2 atom stereocenters. The maximum Gasteiger partial charge on any atom is 0.136 e. The fourth-order valence-corrected chi connectivity index (χ4v) is 2.65. The fraction of sp³-hybridized carbons (Fsp3) is 0.533. The third kappa shape index (κ3) is 3.06. The molecular formula is C15H20N2O2. The zero-order chi connectivity index (χ0) is 13.8. The zero-order valence-electron chi connectivity index (χ0n) is 11.7. The molecule has 0 bridgehead atoms. The monoisotopic (exact) mass is 260 g/mol. The lowest BCUT2D eigenvalue weighted by atomic mass is 10.1. The average Bonchev–Trinajstić information content (AvgIpc) is 2.85. The number of rotatable bonds is 4. The highest BCUT2D eigenvalue weighted by molar-refractivity contribution is 5.45. The van der Waals surface area contributed by atoms with Crippen LogP contribution in [-0.4, -0.2) is 37.8 Å². The van der Waals surface area contributed by atoms with Crippen molar-refractivity contribution in [3.05, 3.63) is 29.3 Å². The molecule has 0 aliphatic carbocycles. The summed E-state index contributed by atoms with van der Waals surface area (Å²) in [4.78, 5) is 2.29. The summed E-state index contributed by atoms with van der Waals surface area (Å²) in [5, 5.41) is 9.10. The van der Waals surface area contributed by atoms with E-state index in [0.717, 1.165) is 25.1 Å². The lowest BCUT2D eigenvalue weighted by Crippen LogP contribution is -2.36. The van der Waals surface area contributed by atoms with Crippen molar-refractivity contribution in [2.45, 2.75) is 32.0 Å². The van der Waals surface area contributed by atoms with E-state index in [9.17, 15) is 0 Å². The summed E-state index contributed by atoms with van der Waals surface area (Å²) in [5.74, 6) is 0.631. The molecule has 1 aromatic carbocycles. The molecule has 1 saturated heterocycles. The fourth-order valence-electron chi connectivity index (χ4n) is 2.65. The van der Waals surface area contributed by atoms with E-state index >= 15 is 0 Å². The first-order valence-electron chi connectivity index (χ1n) is 6.54. The van der Waals surface area contributed by atoms with Crippen LogP contribution in [0.3, 0.4) is 0 Å². The van der Waals surface area contributed by atoms with Crippen LogP contribution in [-0.2, 0) is 11.3 Å². The van der Waals surface area contributed by atoms with E-state index in [2.05, 4.69) is 24.9 Å². The molecule has 1 aliphatic heterocycles. The summed E-state index contributed by atoms with van der Waals surface area (Å²) in [5.41, 5.74) is 1.71. The Balaban J connectivity index is 2.09. The summed E-state index contributed by atoms with van der Waals surface area (Å²) in [6.07, 6.45) is 1.34. The molecule has 0 N–H and O–H groups in total. The molecule has 4 heteroatoms. The molecule has 102 valence electrons. The van der Waals surface area contributed by atoms with Crippen LogP contribution in [0, 0.1) is 11.3 Å². The number of likely N-dealkylation sites (N-methyl/N-ethyl adjacent to an activating group) is 1. The first kappa shape index (κ1) is 13.9. The summed E-state index contributed by atoms with van der Waals surface area (Å²) < 4.78 is 10.7. The standard InChI is InChI=1S/C15H20N2O2/c1-11-14(6-7-19-11)17(2)10-12-4-5-15(18-3)13(8-12)9-16/h4-5,8,11,14H,6-7,10H2,1-3H3. The molecule has 0 saturated carbocycles. The van der Waals surface area contributed by atoms with Crippen molar-refractivity contribution in [2.24, 2.45) is 0 Å². The molecule has 0 aromatic heterocycles. The van der Waals surface area contributed by atoms with Crippen molar-refractivity contribution in [2.75, 3.05) is 20.8 Å². The van der Waals surface area contributed by atoms with Crippen molar-refractivity contribution in [1.82, 2.24) is 4.90 Å². The van der Waals surface area contributed by atoms with Crippen LogP contribution in [0.25, 0.3) is 0 Å². The minimum Gasteiger partial charge on any atom is -0.495 e. The van der Waals surface area contributed by atoms with Crippen LogP contribution in [0.2, 0.25) is 0 Å². The highest BCUT2D eigenvalue weighted by Crippen LogP contribution is 2.23. The van der Waals surface area contributed by atoms with Crippen LogP contribution in [0.15, 0.2) is 18.2 Å². The Bertz CT molecular complexity index is 482. The predicted octanol–water partition coefficient (Wildman–Crippen LogP) is 2.18. The summed E-state index contributed by atoms with van der Waals surface area (Å²) in [6, 6.07) is 8.39. The molecule has 4 nitrogen and oxygen atoms in total. The maximum absolute atomic E-state index is 9.10. The molecule has 19 heavy (non-hydrogen) atoms. The Kier molecular flexibility index (Phi) is 4.41. The van der Waals surface area contributed by atoms with Gasteiger partial charge in [0, 0.05) is 19.2 Å². The Morgan fingerprint density at radius 3 is 2.89 bits per heavy atom. The second-order valence-electron chi connectivity index (χ2n) is 4.99. The van der Waals surface area contributed by atoms with Gasteiger partial charge in [-0.05, 0) is 38.1 Å². The van der Waals surface area contributed by atoms with E-state index in [1.807, 2.05) is 18.2 Å². The Labute approximate surface area is 114 Å². The molecule has 1 heterocycles. The second-order valence-corrected chi connectivity index (χ2v) is 4.99. The van der Waals surface area contributed by atoms with Crippen LogP contribution in [0.4, 0.5) is 0 Å². The van der Waals surface area contributed by atoms with Crippen molar-refractivity contribution < 1.29 is 9.47 Å². The van der Waals surface area contributed by atoms with Gasteiger partial charge < -0.3 is 9.47 Å². The van der Waals surface area contributed by atoms with Gasteiger partial charge in [0.05, 0.1) is 18.8 Å². The van der Waals surface area contributed by atoms with Gasteiger partial charge in [0.15, 0.2) is 0 Å². The minimum atomic E-state index is 0.277. The van der Waals surface area contributed by atoms with Gasteiger partial charge in [-0.1, -0.05) is 6.07 Å². The summed E-state index contributed by atoms with van der Waals surface area (Å²) in [7, 11) is 3.69. The van der Waals surface area contributed by atoms with Crippen LogP contribution in [0.1, 0.15) is 24.5 Å². The molecule has 2 unspecified atom stereocenters. The average molecular weight is 260 g/mol. The molecule has 2 rings (SSSR count). The third-order valence-corrected chi connectivity index (χ3v) is 3.72. The van der Waals surface area contributed by atoms with E-state index in [4.69, 9.17) is 14.7 Å². The molecule has 1 aromatic rings. The summed E-state index contributed by atoms with van der Waals surface area (Å²) in [6.45, 7) is 3.77. The highest BCUT2D eigenvalue weighted by Gasteiger charge is 2.27. The SMILES string of the molecule is COc1ccc(CN(C)C2CCOC2C)cc1C#N. The van der Waals surface area contributed by atoms with Gasteiger partial charge in [0.25, 0.3) is 0 Å². The lowest BCUT2D eigenvalue weighted by Gasteiger charge is -2.26. The summed E-state index contributed by atoms with van der Waals surface area (Å²) >= 11 is 0. The Hall–Kier alpha value is -1.57. The zero-order valence-corrected chi connectivity index (χ0v) is 11.7. The molecule has 1 fully saturated rings. The van der Waals surface area contributed by atoms with E-state index < -0.39 is 0 Å². The number of benzene rings is 1. The maximum atomic E-state index is 9.10. The van der Waals surface area contributed by atoms with Crippen LogP contribution in [0.5, 0.6) is 5.75 Å². The number of methoxy groups -OCH3 is 1. The smallest absolute Gasteiger partial charge is 0.136 e. The van der Waals surface area contributed by atoms with Crippen molar-refractivity contribution in [3.8, 4) is 11.8 Å². The Morgan fingerprint density at radius 2 is 2.32 bits per heavy atom. The number of nitrogens with zero attached hydrogens (tertiary/aromatic N) is 2. The van der Waals surface area contributed by atoms with Crippen molar-refractivity contribution in [1.29, 1.82) is 5.26 Å².